The van der Waals surface area contributed by atoms with E-state index in [0.717, 1.165) is 5.56 Å². The quantitative estimate of drug-likeness (QED) is 0.540. The fourth-order valence-electron chi connectivity index (χ4n) is 1.35. The molecule has 4 heteroatoms. The zero-order chi connectivity index (χ0) is 9.97. The van der Waals surface area contributed by atoms with Crippen molar-refractivity contribution in [2.45, 2.75) is 13.0 Å². The standard InChI is InChI=1S/C10H10N2O2/c1-7-9(11-13)10(12-14-7)8-5-3-2-4-6-8/h2-7,13H,1H3/b11-9+. The second-order valence-corrected chi connectivity index (χ2v) is 3.04. The first-order valence-electron chi connectivity index (χ1n) is 4.34. The first-order valence-corrected chi connectivity index (χ1v) is 4.34. The number of rotatable bonds is 1. The summed E-state index contributed by atoms with van der Waals surface area (Å²) in [5, 5.41) is 15.8. The van der Waals surface area contributed by atoms with Gasteiger partial charge in [0.15, 0.2) is 11.8 Å². The van der Waals surface area contributed by atoms with E-state index in [9.17, 15) is 0 Å². The molecule has 1 aliphatic rings. The van der Waals surface area contributed by atoms with E-state index in [4.69, 9.17) is 10.0 Å². The molecule has 0 saturated carbocycles. The van der Waals surface area contributed by atoms with Crippen LogP contribution in [0.4, 0.5) is 0 Å². The lowest BCUT2D eigenvalue weighted by molar-refractivity contribution is 0.129. The summed E-state index contributed by atoms with van der Waals surface area (Å²) in [6.07, 6.45) is -0.282. The molecule has 1 unspecified atom stereocenters. The van der Waals surface area contributed by atoms with Gasteiger partial charge in [0, 0.05) is 5.56 Å². The van der Waals surface area contributed by atoms with Crippen LogP contribution in [0.15, 0.2) is 40.6 Å². The summed E-state index contributed by atoms with van der Waals surface area (Å²) in [6.45, 7) is 1.79. The SMILES string of the molecule is CC1ON=C(c2ccccc2)/C1=N/O. The third-order valence-corrected chi connectivity index (χ3v) is 2.08. The molecule has 1 aromatic rings. The Hall–Kier alpha value is -1.84. The van der Waals surface area contributed by atoms with Gasteiger partial charge in [-0.05, 0) is 6.92 Å². The second kappa shape index (κ2) is 3.49. The molecule has 4 nitrogen and oxygen atoms in total. The van der Waals surface area contributed by atoms with Gasteiger partial charge < -0.3 is 10.0 Å². The highest BCUT2D eigenvalue weighted by Gasteiger charge is 2.27. The fraction of sp³-hybridized carbons (Fsp3) is 0.200. The Balaban J connectivity index is 2.38. The molecule has 72 valence electrons. The summed E-state index contributed by atoms with van der Waals surface area (Å²) < 4.78 is 0. The molecule has 0 radical (unpaired) electrons. The molecule has 0 fully saturated rings. The van der Waals surface area contributed by atoms with Gasteiger partial charge >= 0.3 is 0 Å². The minimum atomic E-state index is -0.282. The third kappa shape index (κ3) is 1.35. The lowest BCUT2D eigenvalue weighted by atomic mass is 10.0. The summed E-state index contributed by atoms with van der Waals surface area (Å²) in [5.74, 6) is 0. The molecular weight excluding hydrogens is 180 g/mol. The van der Waals surface area contributed by atoms with Crippen LogP contribution in [0.3, 0.4) is 0 Å². The molecule has 0 saturated heterocycles. The maximum Gasteiger partial charge on any atom is 0.172 e. The van der Waals surface area contributed by atoms with Crippen LogP contribution < -0.4 is 0 Å². The minimum Gasteiger partial charge on any atom is -0.410 e. The van der Waals surface area contributed by atoms with Crippen molar-refractivity contribution < 1.29 is 10.0 Å². The molecule has 0 aromatic heterocycles. The van der Waals surface area contributed by atoms with Gasteiger partial charge in [0.1, 0.15) is 5.71 Å². The van der Waals surface area contributed by atoms with Crippen molar-refractivity contribution in [1.29, 1.82) is 0 Å². The monoisotopic (exact) mass is 190 g/mol. The lowest BCUT2D eigenvalue weighted by Gasteiger charge is -2.00. The van der Waals surface area contributed by atoms with Crippen molar-refractivity contribution >= 4 is 11.4 Å². The van der Waals surface area contributed by atoms with Crippen LogP contribution in [0.5, 0.6) is 0 Å². The van der Waals surface area contributed by atoms with E-state index in [-0.39, 0.29) is 6.10 Å². The maximum absolute atomic E-state index is 8.80. The van der Waals surface area contributed by atoms with Crippen LogP contribution in [0.2, 0.25) is 0 Å². The van der Waals surface area contributed by atoms with E-state index in [1.165, 1.54) is 0 Å². The topological polar surface area (TPSA) is 54.2 Å². The Bertz CT molecular complexity index is 384. The number of oxime groups is 2. The molecule has 0 spiro atoms. The summed E-state index contributed by atoms with van der Waals surface area (Å²) in [6, 6.07) is 9.50. The molecule has 2 rings (SSSR count). The van der Waals surface area contributed by atoms with Crippen LogP contribution in [0.25, 0.3) is 0 Å². The molecule has 1 heterocycles. The molecule has 1 aromatic carbocycles. The molecule has 1 N–H and O–H groups in total. The van der Waals surface area contributed by atoms with Gasteiger partial charge in [-0.1, -0.05) is 40.6 Å². The van der Waals surface area contributed by atoms with E-state index < -0.39 is 0 Å². The average molecular weight is 190 g/mol. The van der Waals surface area contributed by atoms with Crippen molar-refractivity contribution in [3.05, 3.63) is 35.9 Å². The summed E-state index contributed by atoms with van der Waals surface area (Å²) >= 11 is 0. The minimum absolute atomic E-state index is 0.282. The summed E-state index contributed by atoms with van der Waals surface area (Å²) in [5.41, 5.74) is 1.96. The summed E-state index contributed by atoms with van der Waals surface area (Å²) in [4.78, 5) is 5.02. The van der Waals surface area contributed by atoms with Crippen molar-refractivity contribution in [3.63, 3.8) is 0 Å². The van der Waals surface area contributed by atoms with Crippen LogP contribution in [0.1, 0.15) is 12.5 Å². The van der Waals surface area contributed by atoms with Gasteiger partial charge in [0.2, 0.25) is 0 Å². The van der Waals surface area contributed by atoms with Gasteiger partial charge in [-0.3, -0.25) is 0 Å². The maximum atomic E-state index is 8.80. The predicted molar refractivity (Wildman–Crippen MR) is 52.7 cm³/mol. The van der Waals surface area contributed by atoms with Gasteiger partial charge in [-0.15, -0.1) is 0 Å². The Morgan fingerprint density at radius 2 is 2.07 bits per heavy atom. The van der Waals surface area contributed by atoms with Gasteiger partial charge in [0.25, 0.3) is 0 Å². The zero-order valence-corrected chi connectivity index (χ0v) is 7.71. The Labute approximate surface area is 81.5 Å². The first-order chi connectivity index (χ1) is 6.83. The first kappa shape index (κ1) is 8.74. The third-order valence-electron chi connectivity index (χ3n) is 2.08. The number of hydrogen-bond donors (Lipinski definition) is 1. The second-order valence-electron chi connectivity index (χ2n) is 3.04. The normalized spacial score (nSPS) is 23.4. The highest BCUT2D eigenvalue weighted by atomic mass is 16.6. The van der Waals surface area contributed by atoms with Crippen molar-refractivity contribution in [2.75, 3.05) is 0 Å². The molecule has 0 aliphatic carbocycles. The van der Waals surface area contributed by atoms with Crippen LogP contribution in [-0.2, 0) is 4.84 Å². The number of hydrogen-bond acceptors (Lipinski definition) is 4. The molecule has 0 bridgehead atoms. The number of nitrogens with zero attached hydrogens (tertiary/aromatic N) is 2. The van der Waals surface area contributed by atoms with E-state index in [1.54, 1.807) is 6.92 Å². The zero-order valence-electron chi connectivity index (χ0n) is 7.71. The van der Waals surface area contributed by atoms with Crippen LogP contribution >= 0.6 is 0 Å². The van der Waals surface area contributed by atoms with Crippen molar-refractivity contribution in [1.82, 2.24) is 0 Å². The molecule has 1 atom stereocenters. The van der Waals surface area contributed by atoms with Gasteiger partial charge in [0.05, 0.1) is 0 Å². The van der Waals surface area contributed by atoms with E-state index >= 15 is 0 Å². The number of benzene rings is 1. The van der Waals surface area contributed by atoms with Crippen molar-refractivity contribution in [3.8, 4) is 0 Å². The van der Waals surface area contributed by atoms with Gasteiger partial charge in [-0.25, -0.2) is 0 Å². The average Bonchev–Trinajstić information content (AvgIpc) is 2.61. The fourth-order valence-corrected chi connectivity index (χ4v) is 1.35. The van der Waals surface area contributed by atoms with E-state index in [2.05, 4.69) is 10.3 Å². The van der Waals surface area contributed by atoms with Crippen LogP contribution in [-0.4, -0.2) is 22.7 Å². The molecule has 0 amide bonds. The van der Waals surface area contributed by atoms with E-state index in [0.29, 0.717) is 11.4 Å². The lowest BCUT2D eigenvalue weighted by Crippen LogP contribution is -2.21. The van der Waals surface area contributed by atoms with E-state index in [1.807, 2.05) is 30.3 Å². The molecular formula is C10H10N2O2. The van der Waals surface area contributed by atoms with Gasteiger partial charge in [-0.2, -0.15) is 0 Å². The van der Waals surface area contributed by atoms with Crippen LogP contribution in [0, 0.1) is 0 Å². The molecule has 1 aliphatic heterocycles. The molecule has 14 heavy (non-hydrogen) atoms. The smallest absolute Gasteiger partial charge is 0.172 e. The predicted octanol–water partition coefficient (Wildman–Crippen LogP) is 1.64. The highest BCUT2D eigenvalue weighted by molar-refractivity contribution is 6.50. The Morgan fingerprint density at radius 3 is 2.71 bits per heavy atom. The Kier molecular flexibility index (Phi) is 2.18. The summed E-state index contributed by atoms with van der Waals surface area (Å²) in [7, 11) is 0. The highest BCUT2D eigenvalue weighted by Crippen LogP contribution is 2.13. The Morgan fingerprint density at radius 1 is 1.36 bits per heavy atom. The largest absolute Gasteiger partial charge is 0.410 e. The van der Waals surface area contributed by atoms with Crippen molar-refractivity contribution in [2.24, 2.45) is 10.3 Å².